The van der Waals surface area contributed by atoms with Gasteiger partial charge in [0.05, 0.1) is 11.2 Å². The molecule has 1 aromatic rings. The van der Waals surface area contributed by atoms with Crippen LogP contribution in [-0.4, -0.2) is 11.2 Å². The van der Waals surface area contributed by atoms with Crippen molar-refractivity contribution < 1.29 is 9.90 Å². The van der Waals surface area contributed by atoms with Crippen LogP contribution in [0.25, 0.3) is 0 Å². The highest BCUT2D eigenvalue weighted by molar-refractivity contribution is 8.00. The molecule has 2 nitrogen and oxygen atoms in total. The van der Waals surface area contributed by atoms with E-state index in [0.717, 1.165) is 4.90 Å². The maximum absolute atomic E-state index is 11.1. The lowest BCUT2D eigenvalue weighted by Crippen LogP contribution is -2.41. The minimum Gasteiger partial charge on any atom is -0.549 e. The van der Waals surface area contributed by atoms with E-state index < -0.39 is 11.2 Å². The van der Waals surface area contributed by atoms with Crippen molar-refractivity contribution >= 4 is 17.7 Å². The number of aliphatic carboxylic acids is 1. The standard InChI is InChI=1S/C13H18O2S/c1-9-5-7-10(8-6-9)16-11(12(14)15)13(2,3)4/h5-8,11H,1-4H3,(H,14,15)/p-1. The molecule has 0 spiro atoms. The molecule has 0 saturated heterocycles. The fourth-order valence-corrected chi connectivity index (χ4v) is 2.35. The SMILES string of the molecule is Cc1ccc(SC(C(=O)[O-])C(C)(C)C)cc1. The van der Waals surface area contributed by atoms with Crippen LogP contribution >= 0.6 is 11.8 Å². The molecule has 0 aliphatic carbocycles. The van der Waals surface area contributed by atoms with Gasteiger partial charge in [-0.05, 0) is 24.5 Å². The number of carbonyl (C=O) groups is 1. The number of rotatable bonds is 3. The first-order valence-corrected chi connectivity index (χ1v) is 6.13. The van der Waals surface area contributed by atoms with E-state index in [0.29, 0.717) is 0 Å². The number of thioether (sulfide) groups is 1. The smallest absolute Gasteiger partial charge is 0.0553 e. The van der Waals surface area contributed by atoms with Gasteiger partial charge in [-0.3, -0.25) is 0 Å². The summed E-state index contributed by atoms with van der Waals surface area (Å²) in [6.45, 7) is 7.74. The molecule has 0 N–H and O–H groups in total. The van der Waals surface area contributed by atoms with Crippen LogP contribution in [0.3, 0.4) is 0 Å². The molecule has 1 atom stereocenters. The summed E-state index contributed by atoms with van der Waals surface area (Å²) in [7, 11) is 0. The van der Waals surface area contributed by atoms with Crippen molar-refractivity contribution in [3.05, 3.63) is 29.8 Å². The van der Waals surface area contributed by atoms with Crippen molar-refractivity contribution in [2.24, 2.45) is 5.41 Å². The molecule has 0 saturated carbocycles. The van der Waals surface area contributed by atoms with Crippen LogP contribution in [0.5, 0.6) is 0 Å². The van der Waals surface area contributed by atoms with Crippen LogP contribution in [0.2, 0.25) is 0 Å². The topological polar surface area (TPSA) is 40.1 Å². The van der Waals surface area contributed by atoms with Gasteiger partial charge in [0.15, 0.2) is 0 Å². The van der Waals surface area contributed by atoms with Crippen LogP contribution in [-0.2, 0) is 4.79 Å². The highest BCUT2D eigenvalue weighted by Crippen LogP contribution is 2.34. The molecule has 0 amide bonds. The van der Waals surface area contributed by atoms with Crippen LogP contribution < -0.4 is 5.11 Å². The maximum Gasteiger partial charge on any atom is 0.0553 e. The Labute approximate surface area is 101 Å². The molecule has 16 heavy (non-hydrogen) atoms. The lowest BCUT2D eigenvalue weighted by atomic mass is 9.92. The molecule has 1 rings (SSSR count). The van der Waals surface area contributed by atoms with Crippen molar-refractivity contribution in [3.8, 4) is 0 Å². The summed E-state index contributed by atoms with van der Waals surface area (Å²) >= 11 is 1.35. The first kappa shape index (κ1) is 13.1. The summed E-state index contributed by atoms with van der Waals surface area (Å²) in [5, 5.41) is 10.6. The average Bonchev–Trinajstić information content (AvgIpc) is 2.14. The second-order valence-electron chi connectivity index (χ2n) is 5.00. The fraction of sp³-hybridized carbons (Fsp3) is 0.462. The lowest BCUT2D eigenvalue weighted by Gasteiger charge is -2.30. The number of carboxylic acid groups (broad SMARTS) is 1. The van der Waals surface area contributed by atoms with Gasteiger partial charge in [0.2, 0.25) is 0 Å². The van der Waals surface area contributed by atoms with Gasteiger partial charge in [0, 0.05) is 4.90 Å². The van der Waals surface area contributed by atoms with Crippen LogP contribution in [0.4, 0.5) is 0 Å². The third-order valence-corrected chi connectivity index (χ3v) is 3.96. The zero-order valence-electron chi connectivity index (χ0n) is 10.1. The number of hydrogen-bond donors (Lipinski definition) is 0. The second-order valence-corrected chi connectivity index (χ2v) is 6.17. The Bertz CT molecular complexity index is 363. The quantitative estimate of drug-likeness (QED) is 0.757. The van der Waals surface area contributed by atoms with Gasteiger partial charge in [-0.2, -0.15) is 0 Å². The summed E-state index contributed by atoms with van der Waals surface area (Å²) in [5.41, 5.74) is 0.860. The molecule has 88 valence electrons. The van der Waals surface area contributed by atoms with Gasteiger partial charge < -0.3 is 9.90 Å². The summed E-state index contributed by atoms with van der Waals surface area (Å²) in [6.07, 6.45) is 0. The molecular formula is C13H17O2S-. The maximum atomic E-state index is 11.1. The molecule has 0 fully saturated rings. The van der Waals surface area contributed by atoms with E-state index >= 15 is 0 Å². The Morgan fingerprint density at radius 2 is 1.75 bits per heavy atom. The monoisotopic (exact) mass is 237 g/mol. The van der Waals surface area contributed by atoms with Crippen molar-refractivity contribution in [1.82, 2.24) is 0 Å². The molecule has 0 radical (unpaired) electrons. The van der Waals surface area contributed by atoms with E-state index in [1.807, 2.05) is 52.0 Å². The highest BCUT2D eigenvalue weighted by Gasteiger charge is 2.26. The number of hydrogen-bond acceptors (Lipinski definition) is 3. The molecule has 0 aromatic heterocycles. The molecular weight excluding hydrogens is 220 g/mol. The van der Waals surface area contributed by atoms with Crippen LogP contribution in [0, 0.1) is 12.3 Å². The van der Waals surface area contributed by atoms with Gasteiger partial charge in [-0.15, -0.1) is 11.8 Å². The summed E-state index contributed by atoms with van der Waals surface area (Å²) < 4.78 is 0. The fourth-order valence-electron chi connectivity index (χ4n) is 1.33. The van der Waals surface area contributed by atoms with Crippen LogP contribution in [0.1, 0.15) is 26.3 Å². The van der Waals surface area contributed by atoms with Gasteiger partial charge in [0.1, 0.15) is 0 Å². The van der Waals surface area contributed by atoms with Gasteiger partial charge >= 0.3 is 0 Å². The van der Waals surface area contributed by atoms with Gasteiger partial charge in [0.25, 0.3) is 0 Å². The van der Waals surface area contributed by atoms with E-state index in [-0.39, 0.29) is 5.41 Å². The first-order valence-electron chi connectivity index (χ1n) is 5.25. The first-order chi connectivity index (χ1) is 7.30. The Balaban J connectivity index is 2.84. The predicted molar refractivity (Wildman–Crippen MR) is 65.3 cm³/mol. The normalized spacial score (nSPS) is 13.5. The molecule has 3 heteroatoms. The van der Waals surface area contributed by atoms with Crippen molar-refractivity contribution in [2.45, 2.75) is 37.8 Å². The van der Waals surface area contributed by atoms with E-state index in [4.69, 9.17) is 0 Å². The number of carbonyl (C=O) groups excluding carboxylic acids is 1. The Kier molecular flexibility index (Phi) is 4.03. The number of aryl methyl sites for hydroxylation is 1. The minimum atomic E-state index is -1.00. The van der Waals surface area contributed by atoms with E-state index in [9.17, 15) is 9.90 Å². The van der Waals surface area contributed by atoms with Crippen molar-refractivity contribution in [1.29, 1.82) is 0 Å². The van der Waals surface area contributed by atoms with Crippen molar-refractivity contribution in [3.63, 3.8) is 0 Å². The summed E-state index contributed by atoms with van der Waals surface area (Å²) in [5.74, 6) is -1.00. The largest absolute Gasteiger partial charge is 0.549 e. The van der Waals surface area contributed by atoms with Gasteiger partial charge in [-0.1, -0.05) is 38.5 Å². The predicted octanol–water partition coefficient (Wildman–Crippen LogP) is 2.25. The zero-order chi connectivity index (χ0) is 12.3. The van der Waals surface area contributed by atoms with E-state index in [1.165, 1.54) is 17.3 Å². The molecule has 1 aromatic carbocycles. The van der Waals surface area contributed by atoms with E-state index in [1.54, 1.807) is 0 Å². The lowest BCUT2D eigenvalue weighted by molar-refractivity contribution is -0.306. The second kappa shape index (κ2) is 4.91. The third kappa shape index (κ3) is 3.56. The highest BCUT2D eigenvalue weighted by atomic mass is 32.2. The Hall–Kier alpha value is -0.960. The summed E-state index contributed by atoms with van der Waals surface area (Å²) in [6, 6.07) is 7.86. The van der Waals surface area contributed by atoms with Crippen molar-refractivity contribution in [2.75, 3.05) is 0 Å². The van der Waals surface area contributed by atoms with Gasteiger partial charge in [-0.25, -0.2) is 0 Å². The minimum absolute atomic E-state index is 0.311. The van der Waals surface area contributed by atoms with Crippen LogP contribution in [0.15, 0.2) is 29.2 Å². The van der Waals surface area contributed by atoms with E-state index in [2.05, 4.69) is 0 Å². The Morgan fingerprint density at radius 3 is 2.12 bits per heavy atom. The molecule has 1 unspecified atom stereocenters. The molecule has 0 heterocycles. The number of benzene rings is 1. The number of carboxylic acids is 1. The average molecular weight is 237 g/mol. The molecule has 0 aliphatic heterocycles. The summed E-state index contributed by atoms with van der Waals surface area (Å²) in [4.78, 5) is 12.1. The Morgan fingerprint density at radius 1 is 1.25 bits per heavy atom. The molecule has 0 bridgehead atoms. The third-order valence-electron chi connectivity index (χ3n) is 2.28. The zero-order valence-corrected chi connectivity index (χ0v) is 10.9. The molecule has 0 aliphatic rings.